The van der Waals surface area contributed by atoms with E-state index in [1.807, 2.05) is 62.8 Å². The van der Waals surface area contributed by atoms with Crippen molar-refractivity contribution in [2.75, 3.05) is 42.9 Å². The third kappa shape index (κ3) is 5.30. The van der Waals surface area contributed by atoms with Crippen molar-refractivity contribution >= 4 is 40.3 Å². The van der Waals surface area contributed by atoms with Gasteiger partial charge in [-0.15, -0.1) is 0 Å². The molecule has 2 aromatic carbocycles. The maximum absolute atomic E-state index is 12.0. The minimum absolute atomic E-state index is 0.00318. The van der Waals surface area contributed by atoms with Gasteiger partial charge in [0, 0.05) is 61.5 Å². The molecule has 0 aliphatic carbocycles. The molecule has 5 rings (SSSR count). The van der Waals surface area contributed by atoms with E-state index in [-0.39, 0.29) is 24.6 Å². The zero-order chi connectivity index (χ0) is 28.4. The molecule has 1 fully saturated rings. The van der Waals surface area contributed by atoms with Gasteiger partial charge in [-0.1, -0.05) is 6.07 Å². The SMILES string of the molecule is COCC(=O)Nc1ccc(N2C(=S)N[C@H](c3ccccn3)[C@@H]2c2cc(C)n(-c3ccc(N(C)C)cc3)c2C)cc1. The number of amides is 1. The van der Waals surface area contributed by atoms with Gasteiger partial charge in [0.15, 0.2) is 5.11 Å². The Hall–Kier alpha value is -4.21. The number of ether oxygens (including phenoxy) is 1. The van der Waals surface area contributed by atoms with Crippen LogP contribution >= 0.6 is 12.2 Å². The number of carbonyl (C=O) groups excluding carboxylic acids is 1. The van der Waals surface area contributed by atoms with E-state index in [2.05, 4.69) is 74.2 Å². The fourth-order valence-electron chi connectivity index (χ4n) is 5.37. The van der Waals surface area contributed by atoms with Crippen LogP contribution in [0.1, 0.15) is 34.7 Å². The van der Waals surface area contributed by atoms with Crippen LogP contribution in [0.4, 0.5) is 17.1 Å². The van der Waals surface area contributed by atoms with E-state index in [0.717, 1.165) is 39.7 Å². The molecule has 1 saturated heterocycles. The summed E-state index contributed by atoms with van der Waals surface area (Å²) >= 11 is 5.92. The highest BCUT2D eigenvalue weighted by Crippen LogP contribution is 2.44. The number of methoxy groups -OCH3 is 1. The Kier molecular flexibility index (Phi) is 7.86. The summed E-state index contributed by atoms with van der Waals surface area (Å²) in [5.74, 6) is -0.201. The van der Waals surface area contributed by atoms with Crippen LogP contribution in [-0.2, 0) is 9.53 Å². The first-order valence-corrected chi connectivity index (χ1v) is 13.6. The predicted octanol–water partition coefficient (Wildman–Crippen LogP) is 5.32. The number of hydrogen-bond acceptors (Lipinski definition) is 5. The van der Waals surface area contributed by atoms with E-state index in [0.29, 0.717) is 10.8 Å². The van der Waals surface area contributed by atoms with Crippen LogP contribution in [-0.4, -0.2) is 48.4 Å². The molecule has 2 aromatic heterocycles. The molecule has 8 nitrogen and oxygen atoms in total. The zero-order valence-electron chi connectivity index (χ0n) is 23.4. The van der Waals surface area contributed by atoms with Gasteiger partial charge in [0.1, 0.15) is 6.61 Å². The summed E-state index contributed by atoms with van der Waals surface area (Å²) in [5.41, 5.74) is 8.24. The van der Waals surface area contributed by atoms with Crippen LogP contribution in [0.2, 0.25) is 0 Å². The standard InChI is InChI=1S/C31H34N6O2S/c1-20-18-26(21(2)36(20)24-15-13-23(14-16-24)35(3)4)30-29(27-8-6-7-17-32-27)34-31(40)37(30)25-11-9-22(10-12-25)33-28(38)19-39-5/h6-18,29-30H,19H2,1-5H3,(H,33,38)(H,34,40)/t29-,30+/m1/s1. The van der Waals surface area contributed by atoms with Crippen molar-refractivity contribution in [2.45, 2.75) is 25.9 Å². The van der Waals surface area contributed by atoms with Crippen molar-refractivity contribution in [1.82, 2.24) is 14.9 Å². The monoisotopic (exact) mass is 554 g/mol. The minimum atomic E-state index is -0.201. The van der Waals surface area contributed by atoms with Gasteiger partial charge in [0.05, 0.1) is 17.8 Å². The fraction of sp³-hybridized carbons (Fsp3) is 0.258. The molecule has 0 bridgehead atoms. The lowest BCUT2D eigenvalue weighted by atomic mass is 9.96. The zero-order valence-corrected chi connectivity index (χ0v) is 24.2. The molecule has 2 atom stereocenters. The van der Waals surface area contributed by atoms with Crippen LogP contribution in [0.15, 0.2) is 79.0 Å². The molecule has 206 valence electrons. The van der Waals surface area contributed by atoms with E-state index in [1.54, 1.807) is 0 Å². The lowest BCUT2D eigenvalue weighted by Gasteiger charge is -2.28. The second kappa shape index (κ2) is 11.5. The Labute approximate surface area is 240 Å². The first-order chi connectivity index (χ1) is 19.3. The molecule has 0 radical (unpaired) electrons. The van der Waals surface area contributed by atoms with E-state index in [4.69, 9.17) is 17.0 Å². The maximum Gasteiger partial charge on any atom is 0.250 e. The fourth-order valence-corrected chi connectivity index (χ4v) is 5.71. The Bertz CT molecular complexity index is 1500. The van der Waals surface area contributed by atoms with Crippen molar-refractivity contribution in [2.24, 2.45) is 0 Å². The quantitative estimate of drug-likeness (QED) is 0.286. The highest BCUT2D eigenvalue weighted by Gasteiger charge is 2.42. The van der Waals surface area contributed by atoms with Gasteiger partial charge in [0.25, 0.3) is 0 Å². The van der Waals surface area contributed by atoms with Crippen molar-refractivity contribution < 1.29 is 9.53 Å². The molecule has 2 N–H and O–H groups in total. The van der Waals surface area contributed by atoms with Gasteiger partial charge in [-0.2, -0.15) is 0 Å². The molecular formula is C31H34N6O2S. The van der Waals surface area contributed by atoms with E-state index >= 15 is 0 Å². The largest absolute Gasteiger partial charge is 0.378 e. The first-order valence-electron chi connectivity index (χ1n) is 13.1. The molecule has 0 saturated carbocycles. The van der Waals surface area contributed by atoms with Gasteiger partial charge >= 0.3 is 0 Å². The molecule has 40 heavy (non-hydrogen) atoms. The van der Waals surface area contributed by atoms with Crippen LogP contribution < -0.4 is 20.4 Å². The number of thiocarbonyl (C=S) groups is 1. The number of hydrogen-bond donors (Lipinski definition) is 2. The lowest BCUT2D eigenvalue weighted by molar-refractivity contribution is -0.119. The predicted molar refractivity (Wildman–Crippen MR) is 164 cm³/mol. The number of anilines is 3. The lowest BCUT2D eigenvalue weighted by Crippen LogP contribution is -2.29. The average molecular weight is 555 g/mol. The molecule has 1 amide bonds. The summed E-state index contributed by atoms with van der Waals surface area (Å²) in [6, 6.07) is 24.2. The van der Waals surface area contributed by atoms with Crippen molar-refractivity contribution in [3.05, 3.63) is 102 Å². The van der Waals surface area contributed by atoms with E-state index in [9.17, 15) is 4.79 Å². The number of carbonyl (C=O) groups is 1. The highest BCUT2D eigenvalue weighted by atomic mass is 32.1. The molecule has 1 aliphatic heterocycles. The summed E-state index contributed by atoms with van der Waals surface area (Å²) in [4.78, 5) is 20.9. The Morgan fingerprint density at radius 3 is 2.38 bits per heavy atom. The van der Waals surface area contributed by atoms with Gasteiger partial charge < -0.3 is 29.7 Å². The van der Waals surface area contributed by atoms with Crippen molar-refractivity contribution in [3.8, 4) is 5.69 Å². The van der Waals surface area contributed by atoms with Gasteiger partial charge in [-0.25, -0.2) is 0 Å². The van der Waals surface area contributed by atoms with Gasteiger partial charge in [-0.3, -0.25) is 9.78 Å². The van der Waals surface area contributed by atoms with Crippen molar-refractivity contribution in [1.29, 1.82) is 0 Å². The van der Waals surface area contributed by atoms with Crippen LogP contribution in [0, 0.1) is 13.8 Å². The number of benzene rings is 2. The highest BCUT2D eigenvalue weighted by molar-refractivity contribution is 7.80. The third-order valence-corrected chi connectivity index (χ3v) is 7.53. The Morgan fingerprint density at radius 2 is 1.75 bits per heavy atom. The average Bonchev–Trinajstić information content (AvgIpc) is 3.44. The molecule has 9 heteroatoms. The second-order valence-corrected chi connectivity index (χ2v) is 10.5. The second-order valence-electron chi connectivity index (χ2n) is 10.1. The summed E-state index contributed by atoms with van der Waals surface area (Å²) in [6.45, 7) is 4.30. The third-order valence-electron chi connectivity index (χ3n) is 7.22. The van der Waals surface area contributed by atoms with Crippen LogP contribution in [0.5, 0.6) is 0 Å². The summed E-state index contributed by atoms with van der Waals surface area (Å²) in [7, 11) is 5.58. The molecule has 4 aromatic rings. The Balaban J connectivity index is 1.56. The summed E-state index contributed by atoms with van der Waals surface area (Å²) in [5, 5.41) is 7.01. The van der Waals surface area contributed by atoms with Gasteiger partial charge in [-0.05, 0) is 98.4 Å². The summed E-state index contributed by atoms with van der Waals surface area (Å²) in [6.07, 6.45) is 1.81. The molecular weight excluding hydrogens is 520 g/mol. The summed E-state index contributed by atoms with van der Waals surface area (Å²) < 4.78 is 7.22. The molecule has 3 heterocycles. The van der Waals surface area contributed by atoms with Gasteiger partial charge in [0.2, 0.25) is 5.91 Å². The van der Waals surface area contributed by atoms with Crippen LogP contribution in [0.25, 0.3) is 5.69 Å². The maximum atomic E-state index is 12.0. The van der Waals surface area contributed by atoms with Crippen molar-refractivity contribution in [3.63, 3.8) is 0 Å². The Morgan fingerprint density at radius 1 is 1.05 bits per heavy atom. The van der Waals surface area contributed by atoms with E-state index in [1.165, 1.54) is 7.11 Å². The first kappa shape index (κ1) is 27.4. The normalized spacial score (nSPS) is 16.6. The van der Waals surface area contributed by atoms with E-state index < -0.39 is 0 Å². The number of rotatable bonds is 8. The smallest absolute Gasteiger partial charge is 0.250 e. The number of aryl methyl sites for hydroxylation is 1. The molecule has 0 spiro atoms. The number of nitrogens with one attached hydrogen (secondary N) is 2. The number of pyridine rings is 1. The van der Waals surface area contributed by atoms with Crippen LogP contribution in [0.3, 0.4) is 0 Å². The number of aromatic nitrogens is 2. The molecule has 1 aliphatic rings. The molecule has 0 unspecified atom stereocenters. The number of nitrogens with zero attached hydrogens (tertiary/aromatic N) is 4. The topological polar surface area (TPSA) is 74.7 Å². The minimum Gasteiger partial charge on any atom is -0.378 e.